The van der Waals surface area contributed by atoms with Crippen molar-refractivity contribution in [1.29, 1.82) is 0 Å². The Balaban J connectivity index is 1.58. The van der Waals surface area contributed by atoms with Crippen molar-refractivity contribution < 1.29 is 5.11 Å². The molecule has 3 heteroatoms. The Bertz CT molecular complexity index is 581. The van der Waals surface area contributed by atoms with Crippen LogP contribution >= 0.6 is 11.6 Å². The van der Waals surface area contributed by atoms with Gasteiger partial charge in [0.25, 0.3) is 0 Å². The van der Waals surface area contributed by atoms with E-state index in [1.54, 1.807) is 0 Å². The van der Waals surface area contributed by atoms with Gasteiger partial charge in [-0.1, -0.05) is 60.1 Å². The maximum absolute atomic E-state index is 9.59. The summed E-state index contributed by atoms with van der Waals surface area (Å²) in [5.41, 5.74) is 2.39. The molecule has 0 saturated heterocycles. The van der Waals surface area contributed by atoms with Crippen molar-refractivity contribution in [3.05, 3.63) is 70.7 Å². The minimum Gasteiger partial charge on any atom is -0.394 e. The largest absolute Gasteiger partial charge is 0.394 e. The molecule has 0 aromatic heterocycles. The van der Waals surface area contributed by atoms with Crippen LogP contribution in [0.25, 0.3) is 0 Å². The first-order chi connectivity index (χ1) is 10.3. The summed E-state index contributed by atoms with van der Waals surface area (Å²) in [5, 5.41) is 14.0. The summed E-state index contributed by atoms with van der Waals surface area (Å²) in [5.74, 6) is 0.534. The van der Waals surface area contributed by atoms with Crippen LogP contribution < -0.4 is 5.32 Å². The average molecular weight is 302 g/mol. The van der Waals surface area contributed by atoms with E-state index in [2.05, 4.69) is 23.5 Å². The Morgan fingerprint density at radius 2 is 1.71 bits per heavy atom. The van der Waals surface area contributed by atoms with Crippen molar-refractivity contribution in [1.82, 2.24) is 5.32 Å². The lowest BCUT2D eigenvalue weighted by atomic mass is 9.75. The highest BCUT2D eigenvalue weighted by Gasteiger charge is 2.32. The normalized spacial score (nSPS) is 22.6. The monoisotopic (exact) mass is 301 g/mol. The predicted octanol–water partition coefficient (Wildman–Crippen LogP) is 3.91. The molecular weight excluding hydrogens is 282 g/mol. The summed E-state index contributed by atoms with van der Waals surface area (Å²) >= 11 is 6.25. The first kappa shape index (κ1) is 14.6. The third kappa shape index (κ3) is 3.29. The van der Waals surface area contributed by atoms with Gasteiger partial charge >= 0.3 is 0 Å². The molecule has 1 saturated carbocycles. The lowest BCUT2D eigenvalue weighted by Gasteiger charge is -2.39. The molecule has 0 radical (unpaired) electrons. The number of halogens is 1. The summed E-state index contributed by atoms with van der Waals surface area (Å²) in [6.45, 7) is 0.122. The van der Waals surface area contributed by atoms with Crippen LogP contribution in [-0.2, 0) is 0 Å². The molecule has 1 aliphatic carbocycles. The summed E-state index contributed by atoms with van der Waals surface area (Å²) < 4.78 is 0. The molecule has 2 nitrogen and oxygen atoms in total. The second-order valence-corrected chi connectivity index (χ2v) is 6.11. The lowest BCUT2D eigenvalue weighted by molar-refractivity contribution is 0.197. The van der Waals surface area contributed by atoms with E-state index in [0.717, 1.165) is 23.4 Å². The first-order valence-electron chi connectivity index (χ1n) is 7.44. The number of rotatable bonds is 5. The fourth-order valence-corrected chi connectivity index (χ4v) is 3.33. The Morgan fingerprint density at radius 3 is 2.38 bits per heavy atom. The van der Waals surface area contributed by atoms with Gasteiger partial charge in [-0.05, 0) is 36.0 Å². The lowest BCUT2D eigenvalue weighted by Crippen LogP contribution is -2.43. The zero-order valence-electron chi connectivity index (χ0n) is 11.9. The smallest absolute Gasteiger partial charge is 0.0626 e. The van der Waals surface area contributed by atoms with E-state index < -0.39 is 0 Å². The molecule has 0 heterocycles. The van der Waals surface area contributed by atoms with Crippen molar-refractivity contribution in [3.63, 3.8) is 0 Å². The molecule has 1 atom stereocenters. The van der Waals surface area contributed by atoms with Crippen molar-refractivity contribution >= 4 is 11.6 Å². The van der Waals surface area contributed by atoms with Gasteiger partial charge in [0.15, 0.2) is 0 Å². The molecular formula is C18H20ClNO. The molecule has 21 heavy (non-hydrogen) atoms. The Labute approximate surface area is 130 Å². The Morgan fingerprint density at radius 1 is 1.05 bits per heavy atom. The maximum Gasteiger partial charge on any atom is 0.0626 e. The second kappa shape index (κ2) is 6.61. The van der Waals surface area contributed by atoms with E-state index in [1.807, 2.05) is 36.4 Å². The first-order valence-corrected chi connectivity index (χ1v) is 7.82. The zero-order chi connectivity index (χ0) is 14.7. The van der Waals surface area contributed by atoms with Crippen molar-refractivity contribution in [2.24, 2.45) is 0 Å². The molecule has 1 aliphatic rings. The molecule has 110 valence electrons. The summed E-state index contributed by atoms with van der Waals surface area (Å²) in [4.78, 5) is 0. The van der Waals surface area contributed by atoms with Gasteiger partial charge in [0, 0.05) is 11.1 Å². The van der Waals surface area contributed by atoms with E-state index in [-0.39, 0.29) is 12.6 Å². The van der Waals surface area contributed by atoms with Gasteiger partial charge in [-0.15, -0.1) is 0 Å². The molecule has 0 unspecified atom stereocenters. The zero-order valence-corrected chi connectivity index (χ0v) is 12.6. The molecule has 1 fully saturated rings. The van der Waals surface area contributed by atoms with E-state index in [0.29, 0.717) is 12.0 Å². The van der Waals surface area contributed by atoms with E-state index in [9.17, 15) is 5.11 Å². The van der Waals surface area contributed by atoms with Gasteiger partial charge in [0.2, 0.25) is 0 Å². The van der Waals surface area contributed by atoms with Crippen LogP contribution in [0.5, 0.6) is 0 Å². The highest BCUT2D eigenvalue weighted by atomic mass is 35.5. The highest BCUT2D eigenvalue weighted by Crippen LogP contribution is 2.40. The van der Waals surface area contributed by atoms with E-state index in [4.69, 9.17) is 11.6 Å². The van der Waals surface area contributed by atoms with Gasteiger partial charge in [0.05, 0.1) is 12.6 Å². The molecule has 0 spiro atoms. The van der Waals surface area contributed by atoms with Crippen molar-refractivity contribution in [2.75, 3.05) is 6.61 Å². The third-order valence-electron chi connectivity index (χ3n) is 4.30. The van der Waals surface area contributed by atoms with E-state index >= 15 is 0 Å². The van der Waals surface area contributed by atoms with Gasteiger partial charge in [-0.3, -0.25) is 0 Å². The Kier molecular flexibility index (Phi) is 4.59. The highest BCUT2D eigenvalue weighted by molar-refractivity contribution is 6.31. The maximum atomic E-state index is 9.59. The van der Waals surface area contributed by atoms with Crippen LogP contribution in [0.15, 0.2) is 54.6 Å². The topological polar surface area (TPSA) is 32.3 Å². The Hall–Kier alpha value is -1.35. The van der Waals surface area contributed by atoms with Crippen LogP contribution in [0.1, 0.15) is 35.9 Å². The second-order valence-electron chi connectivity index (χ2n) is 5.70. The number of benzene rings is 2. The summed E-state index contributed by atoms with van der Waals surface area (Å²) in [6, 6.07) is 18.7. The number of hydrogen-bond donors (Lipinski definition) is 2. The van der Waals surface area contributed by atoms with Gasteiger partial charge in [0.1, 0.15) is 0 Å². The number of aliphatic hydroxyl groups excluding tert-OH is 1. The fraction of sp³-hybridized carbons (Fsp3) is 0.333. The molecule has 2 aromatic rings. The molecule has 0 bridgehead atoms. The molecule has 2 aromatic carbocycles. The number of hydrogen-bond acceptors (Lipinski definition) is 2. The quantitative estimate of drug-likeness (QED) is 0.877. The predicted molar refractivity (Wildman–Crippen MR) is 86.6 cm³/mol. The van der Waals surface area contributed by atoms with Crippen molar-refractivity contribution in [2.45, 2.75) is 30.8 Å². The third-order valence-corrected chi connectivity index (χ3v) is 4.65. The minimum atomic E-state index is 0.0170. The standard InChI is InChI=1S/C18H20ClNO/c19-17-9-5-4-8-16(17)14-10-15(11-14)20-18(12-21)13-6-2-1-3-7-13/h1-9,14-15,18,20-21H,10-12H2/t14?,15?,18-/m1/s1. The van der Waals surface area contributed by atoms with Crippen LogP contribution in [0, 0.1) is 0 Å². The van der Waals surface area contributed by atoms with Crippen molar-refractivity contribution in [3.8, 4) is 0 Å². The SMILES string of the molecule is OC[C@@H](NC1CC(c2ccccc2Cl)C1)c1ccccc1. The fourth-order valence-electron chi connectivity index (χ4n) is 3.04. The van der Waals surface area contributed by atoms with Crippen LogP contribution in [0.4, 0.5) is 0 Å². The van der Waals surface area contributed by atoms with Gasteiger partial charge in [-0.2, -0.15) is 0 Å². The molecule has 2 N–H and O–H groups in total. The number of nitrogens with one attached hydrogen (secondary N) is 1. The summed E-state index contributed by atoms with van der Waals surface area (Å²) in [6.07, 6.45) is 2.15. The average Bonchev–Trinajstić information content (AvgIpc) is 2.48. The van der Waals surface area contributed by atoms with Gasteiger partial charge < -0.3 is 10.4 Å². The van der Waals surface area contributed by atoms with Crippen LogP contribution in [0.3, 0.4) is 0 Å². The minimum absolute atomic E-state index is 0.0170. The molecule has 3 rings (SSSR count). The molecule has 0 aliphatic heterocycles. The summed E-state index contributed by atoms with van der Waals surface area (Å²) in [7, 11) is 0. The van der Waals surface area contributed by atoms with Gasteiger partial charge in [-0.25, -0.2) is 0 Å². The number of aliphatic hydroxyl groups is 1. The van der Waals surface area contributed by atoms with E-state index in [1.165, 1.54) is 5.56 Å². The van der Waals surface area contributed by atoms with Crippen LogP contribution in [-0.4, -0.2) is 17.8 Å². The molecule has 0 amide bonds. The van der Waals surface area contributed by atoms with Crippen LogP contribution in [0.2, 0.25) is 5.02 Å².